The van der Waals surface area contributed by atoms with E-state index in [1.54, 1.807) is 0 Å². The van der Waals surface area contributed by atoms with Gasteiger partial charge in [0.1, 0.15) is 0 Å². The van der Waals surface area contributed by atoms with E-state index in [1.807, 2.05) is 0 Å². The number of amides is 1. The Bertz CT molecular complexity index is 527. The highest BCUT2D eigenvalue weighted by Crippen LogP contribution is 2.27. The summed E-state index contributed by atoms with van der Waals surface area (Å²) in [5.74, 6) is -0.164. The fourth-order valence-corrected chi connectivity index (χ4v) is 2.37. The van der Waals surface area contributed by atoms with Gasteiger partial charge in [0, 0.05) is 6.42 Å². The molecule has 1 amide bonds. The summed E-state index contributed by atoms with van der Waals surface area (Å²) in [4.78, 5) is 55.9. The molecule has 0 saturated carbocycles. The van der Waals surface area contributed by atoms with Crippen molar-refractivity contribution in [3.63, 3.8) is 0 Å². The highest BCUT2D eigenvalue weighted by atomic mass is 32.5. The summed E-state index contributed by atoms with van der Waals surface area (Å²) < 4.78 is 0. The van der Waals surface area contributed by atoms with Crippen LogP contribution in [0.1, 0.15) is 150 Å². The molecule has 0 aromatic rings. The molecule has 8 N–H and O–H groups in total. The van der Waals surface area contributed by atoms with Crippen LogP contribution in [0.15, 0.2) is 12.2 Å². The summed E-state index contributed by atoms with van der Waals surface area (Å²) in [5.41, 5.74) is 5.10. The Labute approximate surface area is 244 Å². The average Bonchev–Trinajstić information content (AvgIpc) is 2.79. The molecular formula is C26H61NO7P2S2. The number of hydrogen-bond donors (Lipinski definition) is 7. The van der Waals surface area contributed by atoms with Gasteiger partial charge in [-0.05, 0) is 55.7 Å². The summed E-state index contributed by atoms with van der Waals surface area (Å²) in [6.07, 6.45) is 27.2. The molecule has 0 aromatic carbocycles. The molecule has 0 unspecified atom stereocenters. The molecule has 0 aliphatic carbocycles. The minimum Gasteiger partial charge on any atom is -0.370 e. The maximum Gasteiger partial charge on any atom is 0.319 e. The molecule has 234 valence electrons. The van der Waals surface area contributed by atoms with E-state index in [4.69, 9.17) is 35.1 Å². The number of unbranched alkanes of at least 4 members (excludes halogenated alkanes) is 13. The first-order chi connectivity index (χ1) is 17.6. The lowest BCUT2D eigenvalue weighted by atomic mass is 10.1. The van der Waals surface area contributed by atoms with Gasteiger partial charge in [0.15, 0.2) is 0 Å². The fourth-order valence-electron chi connectivity index (χ4n) is 2.37. The van der Waals surface area contributed by atoms with Gasteiger partial charge in [-0.25, -0.2) is 0 Å². The van der Waals surface area contributed by atoms with Gasteiger partial charge in [0.25, 0.3) is 0 Å². The van der Waals surface area contributed by atoms with Crippen molar-refractivity contribution in [3.8, 4) is 0 Å². The van der Waals surface area contributed by atoms with Crippen LogP contribution in [0.2, 0.25) is 0 Å². The normalized spacial score (nSPS) is 10.6. The third-order valence-electron chi connectivity index (χ3n) is 4.68. The second-order valence-corrected chi connectivity index (χ2v) is 13.8. The van der Waals surface area contributed by atoms with Gasteiger partial charge in [-0.1, -0.05) is 124 Å². The molecule has 12 heteroatoms. The monoisotopic (exact) mass is 625 g/mol. The molecule has 0 atom stereocenters. The van der Waals surface area contributed by atoms with Crippen LogP contribution < -0.4 is 5.73 Å². The first kappa shape index (κ1) is 48.0. The molecular weight excluding hydrogens is 564 g/mol. The van der Waals surface area contributed by atoms with Gasteiger partial charge >= 0.3 is 13.4 Å². The van der Waals surface area contributed by atoms with E-state index >= 15 is 0 Å². The molecule has 0 rings (SSSR count). The third-order valence-corrected chi connectivity index (χ3v) is 4.68. The second kappa shape index (κ2) is 39.4. The number of primary amides is 1. The molecule has 0 saturated heterocycles. The third kappa shape index (κ3) is 122. The average molecular weight is 626 g/mol. The number of allylic oxidation sites excluding steroid dienone is 2. The topological polar surface area (TPSA) is 164 Å². The van der Waals surface area contributed by atoms with E-state index in [-0.39, 0.29) is 5.91 Å². The predicted octanol–water partition coefficient (Wildman–Crippen LogP) is 7.50. The highest BCUT2D eigenvalue weighted by molar-refractivity contribution is 8.06. The second-order valence-electron chi connectivity index (χ2n) is 8.83. The fraction of sp³-hybridized carbons (Fsp3) is 0.885. The van der Waals surface area contributed by atoms with Crippen LogP contribution in [0.5, 0.6) is 0 Å². The molecule has 0 aromatic heterocycles. The van der Waals surface area contributed by atoms with Gasteiger partial charge in [-0.3, -0.25) is 4.79 Å². The lowest BCUT2D eigenvalue weighted by Gasteiger charge is -1.99. The number of rotatable bonds is 17. The standard InChI is InChI=1S/C18H35NO.2C4H10.2H3O3PS/c1-2-3-4-5-6-7-8-9-10-11-12-13-14-15-16-17-18(19)20;2*1-3-4-2;2*1-4(2,3)5/h9-10H,2-8,11-17H2,1H3,(H2,19,20);2*3-4H2,1-2H3;2*(H3,1,2,3,5). The van der Waals surface area contributed by atoms with Gasteiger partial charge in [0.2, 0.25) is 5.91 Å². The lowest BCUT2D eigenvalue weighted by molar-refractivity contribution is -0.118. The van der Waals surface area contributed by atoms with Crippen LogP contribution in [0.25, 0.3) is 0 Å². The summed E-state index contributed by atoms with van der Waals surface area (Å²) in [5, 5.41) is 0. The first-order valence-corrected chi connectivity index (χ1v) is 19.4. The smallest absolute Gasteiger partial charge is 0.319 e. The van der Waals surface area contributed by atoms with Gasteiger partial charge in [-0.15, -0.1) is 0 Å². The van der Waals surface area contributed by atoms with E-state index in [9.17, 15) is 4.79 Å². The number of carbonyl (C=O) groups excluding carboxylic acids is 1. The molecule has 8 nitrogen and oxygen atoms in total. The highest BCUT2D eigenvalue weighted by Gasteiger charge is 1.94. The van der Waals surface area contributed by atoms with Crippen LogP contribution in [0, 0.1) is 0 Å². The molecule has 0 bridgehead atoms. The summed E-state index contributed by atoms with van der Waals surface area (Å²) in [6, 6.07) is 0. The summed E-state index contributed by atoms with van der Waals surface area (Å²) in [6.45, 7) is 3.38. The van der Waals surface area contributed by atoms with E-state index in [2.05, 4.69) is 70.4 Å². The quantitative estimate of drug-likeness (QED) is 0.0492. The Hall–Kier alpha value is 0.270. The Morgan fingerprint density at radius 3 is 1.08 bits per heavy atom. The van der Waals surface area contributed by atoms with E-state index in [1.165, 1.54) is 96.3 Å². The maximum atomic E-state index is 10.5. The molecule has 0 aliphatic rings. The van der Waals surface area contributed by atoms with Crippen molar-refractivity contribution in [2.45, 2.75) is 150 Å². The Morgan fingerprint density at radius 1 is 0.553 bits per heavy atom. The molecule has 0 aliphatic heterocycles. The van der Waals surface area contributed by atoms with Crippen LogP contribution in [-0.2, 0) is 28.4 Å². The first-order valence-electron chi connectivity index (χ1n) is 14.1. The largest absolute Gasteiger partial charge is 0.370 e. The van der Waals surface area contributed by atoms with Gasteiger partial charge in [-0.2, -0.15) is 0 Å². The minimum atomic E-state index is -3.81. The summed E-state index contributed by atoms with van der Waals surface area (Å²) in [7, 11) is 0. The van der Waals surface area contributed by atoms with Crippen molar-refractivity contribution in [1.82, 2.24) is 0 Å². The van der Waals surface area contributed by atoms with Crippen LogP contribution in [-0.4, -0.2) is 35.3 Å². The van der Waals surface area contributed by atoms with Crippen molar-refractivity contribution in [2.75, 3.05) is 0 Å². The van der Waals surface area contributed by atoms with Crippen molar-refractivity contribution in [2.24, 2.45) is 5.73 Å². The van der Waals surface area contributed by atoms with Gasteiger partial charge < -0.3 is 35.1 Å². The zero-order valence-corrected chi connectivity index (χ0v) is 28.2. The molecule has 0 spiro atoms. The Morgan fingerprint density at radius 2 is 0.816 bits per heavy atom. The number of carbonyl (C=O) groups is 1. The molecule has 0 fully saturated rings. The van der Waals surface area contributed by atoms with Gasteiger partial charge in [0.05, 0.1) is 0 Å². The van der Waals surface area contributed by atoms with E-state index in [0.29, 0.717) is 6.42 Å². The predicted molar refractivity (Wildman–Crippen MR) is 172 cm³/mol. The van der Waals surface area contributed by atoms with Crippen molar-refractivity contribution < 1.29 is 34.2 Å². The van der Waals surface area contributed by atoms with Crippen molar-refractivity contribution in [3.05, 3.63) is 12.2 Å². The lowest BCUT2D eigenvalue weighted by Crippen LogP contribution is -2.09. The van der Waals surface area contributed by atoms with Crippen LogP contribution >= 0.6 is 13.4 Å². The summed E-state index contributed by atoms with van der Waals surface area (Å²) >= 11 is 7.21. The number of nitrogens with two attached hydrogens (primary N) is 1. The number of hydrogen-bond acceptors (Lipinski definition) is 3. The van der Waals surface area contributed by atoms with Crippen molar-refractivity contribution in [1.29, 1.82) is 0 Å². The van der Waals surface area contributed by atoms with Crippen LogP contribution in [0.4, 0.5) is 0 Å². The Balaban J connectivity index is -0.000000162. The zero-order chi connectivity index (χ0) is 30.7. The van der Waals surface area contributed by atoms with Crippen LogP contribution in [0.3, 0.4) is 0 Å². The Kier molecular flexibility index (Phi) is 49.8. The SMILES string of the molecule is CCCC.CCCC.CCCCCCCCC=CCCCCCCCC(N)=O.OP(O)(O)=S.OP(O)(O)=S. The van der Waals surface area contributed by atoms with Crippen molar-refractivity contribution >= 4 is 43.0 Å². The minimum absolute atomic E-state index is 0.164. The van der Waals surface area contributed by atoms with E-state index in [0.717, 1.165) is 12.8 Å². The molecule has 0 heterocycles. The maximum absolute atomic E-state index is 10.5. The van der Waals surface area contributed by atoms with E-state index < -0.39 is 13.4 Å². The molecule has 0 radical (unpaired) electrons. The molecule has 38 heavy (non-hydrogen) atoms. The zero-order valence-electron chi connectivity index (χ0n) is 24.8.